The third-order valence-corrected chi connectivity index (χ3v) is 3.04. The van der Waals surface area contributed by atoms with Gasteiger partial charge in [-0.25, -0.2) is 8.78 Å². The summed E-state index contributed by atoms with van der Waals surface area (Å²) in [5, 5.41) is 3.13. The van der Waals surface area contributed by atoms with Gasteiger partial charge in [-0.1, -0.05) is 18.2 Å². The highest BCUT2D eigenvalue weighted by Gasteiger charge is 2.14. The second-order valence-corrected chi connectivity index (χ2v) is 4.27. The Labute approximate surface area is 105 Å². The quantitative estimate of drug-likeness (QED) is 0.874. The number of aryl methyl sites for hydroxylation is 1. The van der Waals surface area contributed by atoms with Gasteiger partial charge in [0.2, 0.25) is 0 Å². The summed E-state index contributed by atoms with van der Waals surface area (Å²) in [7, 11) is 1.80. The SMILES string of the molecule is CNC(c1ccc(F)cc1)c1cc(F)ccc1C. The zero-order valence-electron chi connectivity index (χ0n) is 10.4. The van der Waals surface area contributed by atoms with Crippen LogP contribution in [0.3, 0.4) is 0 Å². The highest BCUT2D eigenvalue weighted by molar-refractivity contribution is 5.37. The van der Waals surface area contributed by atoms with Crippen LogP contribution in [0.5, 0.6) is 0 Å². The van der Waals surface area contributed by atoms with Gasteiger partial charge in [0.15, 0.2) is 0 Å². The number of nitrogens with one attached hydrogen (secondary N) is 1. The second-order valence-electron chi connectivity index (χ2n) is 4.27. The van der Waals surface area contributed by atoms with E-state index in [0.29, 0.717) is 0 Å². The second kappa shape index (κ2) is 5.27. The Balaban J connectivity index is 2.44. The Morgan fingerprint density at radius 2 is 1.56 bits per heavy atom. The molecule has 0 aliphatic carbocycles. The molecule has 2 rings (SSSR count). The molecule has 1 N–H and O–H groups in total. The van der Waals surface area contributed by atoms with Gasteiger partial charge in [-0.15, -0.1) is 0 Å². The van der Waals surface area contributed by atoms with E-state index in [9.17, 15) is 8.78 Å². The predicted octanol–water partition coefficient (Wildman–Crippen LogP) is 3.58. The van der Waals surface area contributed by atoms with Crippen LogP contribution in [0, 0.1) is 18.6 Å². The molecule has 2 aromatic carbocycles. The van der Waals surface area contributed by atoms with E-state index in [1.54, 1.807) is 25.2 Å². The number of hydrogen-bond donors (Lipinski definition) is 1. The van der Waals surface area contributed by atoms with E-state index in [4.69, 9.17) is 0 Å². The minimum absolute atomic E-state index is 0.138. The number of rotatable bonds is 3. The third kappa shape index (κ3) is 2.57. The molecule has 3 heteroatoms. The molecule has 0 saturated heterocycles. The fourth-order valence-corrected chi connectivity index (χ4v) is 2.08. The summed E-state index contributed by atoms with van der Waals surface area (Å²) >= 11 is 0. The lowest BCUT2D eigenvalue weighted by Gasteiger charge is -2.19. The van der Waals surface area contributed by atoms with Gasteiger partial charge < -0.3 is 5.32 Å². The topological polar surface area (TPSA) is 12.0 Å². The lowest BCUT2D eigenvalue weighted by Crippen LogP contribution is -2.18. The van der Waals surface area contributed by atoms with Crippen LogP contribution >= 0.6 is 0 Å². The molecule has 0 amide bonds. The maximum absolute atomic E-state index is 13.3. The Hall–Kier alpha value is -1.74. The van der Waals surface area contributed by atoms with Crippen molar-refractivity contribution >= 4 is 0 Å². The van der Waals surface area contributed by atoms with Crippen LogP contribution in [0.4, 0.5) is 8.78 Å². The molecule has 0 heterocycles. The summed E-state index contributed by atoms with van der Waals surface area (Å²) in [6.07, 6.45) is 0. The molecular formula is C15H15F2N. The van der Waals surface area contributed by atoms with E-state index < -0.39 is 0 Å². The molecule has 1 nitrogen and oxygen atoms in total. The molecule has 0 aromatic heterocycles. The Kier molecular flexibility index (Phi) is 3.72. The summed E-state index contributed by atoms with van der Waals surface area (Å²) in [6, 6.07) is 10.8. The smallest absolute Gasteiger partial charge is 0.123 e. The Bertz CT molecular complexity index is 535. The monoisotopic (exact) mass is 247 g/mol. The van der Waals surface area contributed by atoms with Gasteiger partial charge in [0.25, 0.3) is 0 Å². The minimum Gasteiger partial charge on any atom is -0.309 e. The van der Waals surface area contributed by atoms with Crippen molar-refractivity contribution in [2.24, 2.45) is 0 Å². The van der Waals surface area contributed by atoms with Gasteiger partial charge in [-0.05, 0) is 54.9 Å². The molecule has 2 aromatic rings. The van der Waals surface area contributed by atoms with Gasteiger partial charge in [-0.3, -0.25) is 0 Å². The van der Waals surface area contributed by atoms with Crippen molar-refractivity contribution in [3.8, 4) is 0 Å². The Morgan fingerprint density at radius 3 is 2.17 bits per heavy atom. The highest BCUT2D eigenvalue weighted by atomic mass is 19.1. The normalized spacial score (nSPS) is 12.4. The number of hydrogen-bond acceptors (Lipinski definition) is 1. The lowest BCUT2D eigenvalue weighted by atomic mass is 9.95. The highest BCUT2D eigenvalue weighted by Crippen LogP contribution is 2.25. The molecule has 1 unspecified atom stereocenters. The maximum Gasteiger partial charge on any atom is 0.123 e. The van der Waals surface area contributed by atoms with E-state index in [0.717, 1.165) is 16.7 Å². The van der Waals surface area contributed by atoms with Gasteiger partial charge in [0, 0.05) is 0 Å². The van der Waals surface area contributed by atoms with Crippen molar-refractivity contribution < 1.29 is 8.78 Å². The van der Waals surface area contributed by atoms with E-state index >= 15 is 0 Å². The van der Waals surface area contributed by atoms with Crippen molar-refractivity contribution in [2.75, 3.05) is 7.05 Å². The minimum atomic E-state index is -0.274. The molecule has 0 aliphatic rings. The van der Waals surface area contributed by atoms with Gasteiger partial charge in [0.05, 0.1) is 6.04 Å². The van der Waals surface area contributed by atoms with Crippen LogP contribution in [-0.4, -0.2) is 7.05 Å². The summed E-state index contributed by atoms with van der Waals surface area (Å²) in [5.74, 6) is -0.539. The molecular weight excluding hydrogens is 232 g/mol. The molecule has 18 heavy (non-hydrogen) atoms. The molecule has 0 spiro atoms. The van der Waals surface area contributed by atoms with E-state index in [1.165, 1.54) is 24.3 Å². The summed E-state index contributed by atoms with van der Waals surface area (Å²) in [6.45, 7) is 1.93. The molecule has 0 bridgehead atoms. The zero-order valence-corrected chi connectivity index (χ0v) is 10.4. The van der Waals surface area contributed by atoms with Crippen molar-refractivity contribution in [1.29, 1.82) is 0 Å². The van der Waals surface area contributed by atoms with Crippen LogP contribution in [0.2, 0.25) is 0 Å². The fourth-order valence-electron chi connectivity index (χ4n) is 2.08. The molecule has 94 valence electrons. The molecule has 0 aliphatic heterocycles. The first-order chi connectivity index (χ1) is 8.61. The summed E-state index contributed by atoms with van der Waals surface area (Å²) in [5.41, 5.74) is 2.77. The van der Waals surface area contributed by atoms with Crippen LogP contribution in [0.1, 0.15) is 22.7 Å². The summed E-state index contributed by atoms with van der Waals surface area (Å²) in [4.78, 5) is 0. The van der Waals surface area contributed by atoms with Crippen LogP contribution in [0.15, 0.2) is 42.5 Å². The zero-order chi connectivity index (χ0) is 13.1. The first-order valence-electron chi connectivity index (χ1n) is 5.80. The standard InChI is InChI=1S/C15H15F2N/c1-10-3-6-13(17)9-14(10)15(18-2)11-4-7-12(16)8-5-11/h3-9,15,18H,1-2H3. The average Bonchev–Trinajstić information content (AvgIpc) is 2.37. The van der Waals surface area contributed by atoms with E-state index in [1.807, 2.05) is 6.92 Å². The van der Waals surface area contributed by atoms with E-state index in [2.05, 4.69) is 5.32 Å². The van der Waals surface area contributed by atoms with E-state index in [-0.39, 0.29) is 17.7 Å². The van der Waals surface area contributed by atoms with Gasteiger partial charge in [0.1, 0.15) is 11.6 Å². The van der Waals surface area contributed by atoms with Crippen LogP contribution < -0.4 is 5.32 Å². The number of benzene rings is 2. The fraction of sp³-hybridized carbons (Fsp3) is 0.200. The molecule has 0 fully saturated rings. The summed E-state index contributed by atoms with van der Waals surface area (Å²) < 4.78 is 26.3. The molecule has 0 radical (unpaired) electrons. The van der Waals surface area contributed by atoms with Crippen LogP contribution in [0.25, 0.3) is 0 Å². The largest absolute Gasteiger partial charge is 0.309 e. The van der Waals surface area contributed by atoms with Crippen molar-refractivity contribution in [2.45, 2.75) is 13.0 Å². The maximum atomic E-state index is 13.3. The third-order valence-electron chi connectivity index (χ3n) is 3.04. The van der Waals surface area contributed by atoms with Gasteiger partial charge in [-0.2, -0.15) is 0 Å². The first-order valence-corrected chi connectivity index (χ1v) is 5.80. The molecule has 1 atom stereocenters. The van der Waals surface area contributed by atoms with Crippen molar-refractivity contribution in [3.63, 3.8) is 0 Å². The Morgan fingerprint density at radius 1 is 0.944 bits per heavy atom. The molecule has 0 saturated carbocycles. The first kappa shape index (κ1) is 12.7. The predicted molar refractivity (Wildman–Crippen MR) is 68.4 cm³/mol. The van der Waals surface area contributed by atoms with Crippen LogP contribution in [-0.2, 0) is 0 Å². The van der Waals surface area contributed by atoms with Gasteiger partial charge >= 0.3 is 0 Å². The average molecular weight is 247 g/mol. The lowest BCUT2D eigenvalue weighted by molar-refractivity contribution is 0.611. The number of halogens is 2. The van der Waals surface area contributed by atoms with Crippen molar-refractivity contribution in [1.82, 2.24) is 5.32 Å². The van der Waals surface area contributed by atoms with Crippen molar-refractivity contribution in [3.05, 3.63) is 70.8 Å².